The molecule has 0 aliphatic carbocycles. The Bertz CT molecular complexity index is 841. The summed E-state index contributed by atoms with van der Waals surface area (Å²) in [4.78, 5) is 0. The molecule has 0 saturated heterocycles. The summed E-state index contributed by atoms with van der Waals surface area (Å²) in [6, 6.07) is 15.0. The molecule has 0 aromatic heterocycles. The second-order valence-corrected chi connectivity index (χ2v) is 5.79. The minimum atomic E-state index is -0.0178. The molecule has 0 bridgehead atoms. The van der Waals surface area contributed by atoms with Crippen molar-refractivity contribution in [2.24, 2.45) is 0 Å². The Morgan fingerprint density at radius 1 is 0.583 bits per heavy atom. The first kappa shape index (κ1) is 15.6. The van der Waals surface area contributed by atoms with E-state index in [0.717, 1.165) is 27.8 Å². The fourth-order valence-electron chi connectivity index (χ4n) is 2.70. The standard InChI is InChI=1S/C19H20N4O/c1-10-2-7-13(17(21)16(10)20)11-3-5-12(6-4-11)14-8-9-15(24)19(23)18(14)22/h2-9,24H,20-23H2,1H3. The van der Waals surface area contributed by atoms with Gasteiger partial charge in [-0.25, -0.2) is 0 Å². The summed E-state index contributed by atoms with van der Waals surface area (Å²) in [5.74, 6) is -0.0178. The maximum Gasteiger partial charge on any atom is 0.140 e. The molecule has 0 aliphatic heterocycles. The Balaban J connectivity index is 2.04. The monoisotopic (exact) mass is 320 g/mol. The Morgan fingerprint density at radius 3 is 1.58 bits per heavy atom. The third-order valence-electron chi connectivity index (χ3n) is 4.28. The van der Waals surface area contributed by atoms with Crippen molar-refractivity contribution in [1.82, 2.24) is 0 Å². The van der Waals surface area contributed by atoms with Gasteiger partial charge < -0.3 is 28.0 Å². The first-order valence-corrected chi connectivity index (χ1v) is 7.52. The van der Waals surface area contributed by atoms with Gasteiger partial charge in [0, 0.05) is 11.1 Å². The SMILES string of the molecule is Cc1ccc(-c2ccc(-c3ccc(O)c(N)c3N)cc2)c(N)c1N. The van der Waals surface area contributed by atoms with Gasteiger partial charge in [-0.05, 0) is 35.7 Å². The van der Waals surface area contributed by atoms with Gasteiger partial charge in [-0.1, -0.05) is 36.4 Å². The molecule has 24 heavy (non-hydrogen) atoms. The van der Waals surface area contributed by atoms with Crippen molar-refractivity contribution in [3.05, 3.63) is 54.1 Å². The lowest BCUT2D eigenvalue weighted by atomic mass is 9.96. The number of hydrogen-bond acceptors (Lipinski definition) is 5. The molecule has 0 unspecified atom stereocenters. The van der Waals surface area contributed by atoms with Gasteiger partial charge in [0.15, 0.2) is 0 Å². The lowest BCUT2D eigenvalue weighted by Gasteiger charge is -2.13. The lowest BCUT2D eigenvalue weighted by Crippen LogP contribution is -2.00. The predicted molar refractivity (Wildman–Crippen MR) is 101 cm³/mol. The number of nitrogen functional groups attached to an aromatic ring is 4. The maximum atomic E-state index is 9.61. The number of rotatable bonds is 2. The smallest absolute Gasteiger partial charge is 0.140 e. The number of benzene rings is 3. The first-order valence-electron chi connectivity index (χ1n) is 7.52. The Labute approximate surface area is 140 Å². The molecular weight excluding hydrogens is 300 g/mol. The van der Waals surface area contributed by atoms with Gasteiger partial charge in [0.25, 0.3) is 0 Å². The first-order chi connectivity index (χ1) is 11.4. The third kappa shape index (κ3) is 2.46. The lowest BCUT2D eigenvalue weighted by molar-refractivity contribution is 0.478. The van der Waals surface area contributed by atoms with Crippen LogP contribution >= 0.6 is 0 Å². The third-order valence-corrected chi connectivity index (χ3v) is 4.28. The molecule has 0 aliphatic rings. The summed E-state index contributed by atoms with van der Waals surface area (Å²) in [6.45, 7) is 1.93. The molecule has 3 aromatic carbocycles. The highest BCUT2D eigenvalue weighted by Gasteiger charge is 2.11. The average Bonchev–Trinajstić information content (AvgIpc) is 2.58. The van der Waals surface area contributed by atoms with Crippen LogP contribution in [0.15, 0.2) is 48.5 Å². The highest BCUT2D eigenvalue weighted by molar-refractivity contribution is 5.89. The van der Waals surface area contributed by atoms with Crippen LogP contribution in [0.1, 0.15) is 5.56 Å². The molecule has 0 fully saturated rings. The molecule has 5 heteroatoms. The summed E-state index contributed by atoms with van der Waals surface area (Å²) in [5.41, 5.74) is 30.2. The van der Waals surface area contributed by atoms with Gasteiger partial charge in [-0.15, -0.1) is 0 Å². The molecule has 5 nitrogen and oxygen atoms in total. The van der Waals surface area contributed by atoms with Crippen LogP contribution in [0.25, 0.3) is 22.3 Å². The fourth-order valence-corrected chi connectivity index (χ4v) is 2.70. The van der Waals surface area contributed by atoms with Crippen LogP contribution in [0.5, 0.6) is 5.75 Å². The number of aromatic hydroxyl groups is 1. The van der Waals surface area contributed by atoms with E-state index in [4.69, 9.17) is 22.9 Å². The largest absolute Gasteiger partial charge is 0.506 e. The van der Waals surface area contributed by atoms with E-state index < -0.39 is 0 Å². The molecule has 0 spiro atoms. The second-order valence-electron chi connectivity index (χ2n) is 5.79. The van der Waals surface area contributed by atoms with Crippen molar-refractivity contribution in [1.29, 1.82) is 0 Å². The molecule has 3 aromatic rings. The van der Waals surface area contributed by atoms with E-state index in [1.165, 1.54) is 6.07 Å². The van der Waals surface area contributed by atoms with Crippen LogP contribution in [-0.2, 0) is 0 Å². The van der Waals surface area contributed by atoms with Crippen molar-refractivity contribution in [3.63, 3.8) is 0 Å². The molecule has 3 rings (SSSR count). The number of hydrogen-bond donors (Lipinski definition) is 5. The van der Waals surface area contributed by atoms with Crippen molar-refractivity contribution >= 4 is 22.7 Å². The van der Waals surface area contributed by atoms with Crippen molar-refractivity contribution in [2.45, 2.75) is 6.92 Å². The zero-order valence-corrected chi connectivity index (χ0v) is 13.4. The average molecular weight is 320 g/mol. The number of phenols is 1. The number of nitrogens with two attached hydrogens (primary N) is 4. The van der Waals surface area contributed by atoms with Crippen LogP contribution in [-0.4, -0.2) is 5.11 Å². The van der Waals surface area contributed by atoms with Crippen molar-refractivity contribution in [2.75, 3.05) is 22.9 Å². The van der Waals surface area contributed by atoms with Crippen LogP contribution in [0.4, 0.5) is 22.7 Å². The van der Waals surface area contributed by atoms with E-state index in [1.807, 2.05) is 43.3 Å². The Kier molecular flexibility index (Phi) is 3.69. The Morgan fingerprint density at radius 2 is 1.04 bits per heavy atom. The van der Waals surface area contributed by atoms with E-state index >= 15 is 0 Å². The predicted octanol–water partition coefficient (Wildman–Crippen LogP) is 3.36. The molecular formula is C19H20N4O. The van der Waals surface area contributed by atoms with Gasteiger partial charge in [-0.3, -0.25) is 0 Å². The molecule has 0 heterocycles. The summed E-state index contributed by atoms with van der Waals surface area (Å²) in [5, 5.41) is 9.61. The minimum absolute atomic E-state index is 0.0178. The molecule has 9 N–H and O–H groups in total. The summed E-state index contributed by atoms with van der Waals surface area (Å²) >= 11 is 0. The highest BCUT2D eigenvalue weighted by atomic mass is 16.3. The van der Waals surface area contributed by atoms with Crippen LogP contribution in [0, 0.1) is 6.92 Å². The molecule has 0 atom stereocenters. The quantitative estimate of drug-likeness (QED) is 0.366. The normalized spacial score (nSPS) is 10.7. The van der Waals surface area contributed by atoms with Gasteiger partial charge in [0.05, 0.1) is 22.7 Å². The van der Waals surface area contributed by atoms with Gasteiger partial charge in [0.2, 0.25) is 0 Å². The zero-order valence-electron chi connectivity index (χ0n) is 13.4. The summed E-state index contributed by atoms with van der Waals surface area (Å²) < 4.78 is 0. The second kappa shape index (κ2) is 5.70. The van der Waals surface area contributed by atoms with Crippen LogP contribution < -0.4 is 22.9 Å². The molecule has 122 valence electrons. The molecule has 0 amide bonds. The summed E-state index contributed by atoms with van der Waals surface area (Å²) in [6.07, 6.45) is 0. The molecule has 0 saturated carbocycles. The van der Waals surface area contributed by atoms with E-state index in [2.05, 4.69) is 0 Å². The zero-order chi connectivity index (χ0) is 17.4. The number of phenolic OH excluding ortho intramolecular Hbond substituents is 1. The maximum absolute atomic E-state index is 9.61. The fraction of sp³-hybridized carbons (Fsp3) is 0.0526. The van der Waals surface area contributed by atoms with Gasteiger partial charge >= 0.3 is 0 Å². The number of aryl methyl sites for hydroxylation is 1. The minimum Gasteiger partial charge on any atom is -0.506 e. The van der Waals surface area contributed by atoms with E-state index in [0.29, 0.717) is 17.1 Å². The topological polar surface area (TPSA) is 124 Å². The van der Waals surface area contributed by atoms with E-state index in [9.17, 15) is 5.11 Å². The van der Waals surface area contributed by atoms with Crippen molar-refractivity contribution < 1.29 is 5.11 Å². The molecule has 0 radical (unpaired) electrons. The van der Waals surface area contributed by atoms with E-state index in [-0.39, 0.29) is 11.4 Å². The summed E-state index contributed by atoms with van der Waals surface area (Å²) in [7, 11) is 0. The Hall–Kier alpha value is -3.34. The van der Waals surface area contributed by atoms with Gasteiger partial charge in [0.1, 0.15) is 5.75 Å². The highest BCUT2D eigenvalue weighted by Crippen LogP contribution is 2.37. The van der Waals surface area contributed by atoms with E-state index in [1.54, 1.807) is 6.07 Å². The van der Waals surface area contributed by atoms with Crippen molar-refractivity contribution in [3.8, 4) is 28.0 Å². The number of anilines is 4. The van der Waals surface area contributed by atoms with Crippen LogP contribution in [0.2, 0.25) is 0 Å². The van der Waals surface area contributed by atoms with Gasteiger partial charge in [-0.2, -0.15) is 0 Å². The van der Waals surface area contributed by atoms with Crippen LogP contribution in [0.3, 0.4) is 0 Å².